The van der Waals surface area contributed by atoms with Crippen LogP contribution < -0.4 is 19.1 Å². The molecule has 0 atom stereocenters. The number of hydrogen-bond donors (Lipinski definition) is 1. The summed E-state index contributed by atoms with van der Waals surface area (Å²) >= 11 is 6.00. The van der Waals surface area contributed by atoms with Crippen LogP contribution in [0, 0.1) is 0 Å². The normalized spacial score (nSPS) is 11.0. The summed E-state index contributed by atoms with van der Waals surface area (Å²) in [7, 11) is 2.60. The molecule has 0 aliphatic carbocycles. The van der Waals surface area contributed by atoms with Crippen molar-refractivity contribution >= 4 is 33.0 Å². The zero-order chi connectivity index (χ0) is 17.9. The minimum Gasteiger partial charge on any atom is -0.497 e. The third-order valence-corrected chi connectivity index (χ3v) is 4.97. The highest BCUT2D eigenvalue weighted by Crippen LogP contribution is 2.33. The second kappa shape index (κ2) is 7.19. The van der Waals surface area contributed by atoms with E-state index < -0.39 is 10.0 Å². The van der Waals surface area contributed by atoms with Crippen molar-refractivity contribution in [2.45, 2.75) is 4.90 Å². The Kier molecular flexibility index (Phi) is 5.46. The molecule has 0 saturated heterocycles. The van der Waals surface area contributed by atoms with Gasteiger partial charge in [0.05, 0.1) is 25.6 Å². The van der Waals surface area contributed by atoms with E-state index in [0.717, 1.165) is 0 Å². The molecule has 2 rings (SSSR count). The molecule has 0 aliphatic rings. The van der Waals surface area contributed by atoms with E-state index in [-0.39, 0.29) is 10.6 Å². The van der Waals surface area contributed by atoms with Gasteiger partial charge < -0.3 is 14.4 Å². The summed E-state index contributed by atoms with van der Waals surface area (Å²) in [6, 6.07) is 9.56. The van der Waals surface area contributed by atoms with Gasteiger partial charge in [-0.3, -0.25) is 4.72 Å². The first-order chi connectivity index (χ1) is 11.3. The SMILES string of the molecule is COc1ccc(OC)c(S(=O)(=O)Nc2cc(Cl)ccc2N(C)C)c1. The maximum Gasteiger partial charge on any atom is 0.265 e. The summed E-state index contributed by atoms with van der Waals surface area (Å²) in [6.07, 6.45) is 0. The Morgan fingerprint density at radius 2 is 1.75 bits per heavy atom. The molecule has 6 nitrogen and oxygen atoms in total. The van der Waals surface area contributed by atoms with E-state index in [9.17, 15) is 8.42 Å². The van der Waals surface area contributed by atoms with Crippen LogP contribution in [0.25, 0.3) is 0 Å². The van der Waals surface area contributed by atoms with Gasteiger partial charge >= 0.3 is 0 Å². The predicted octanol–water partition coefficient (Wildman–Crippen LogP) is 3.22. The molecule has 0 unspecified atom stereocenters. The first kappa shape index (κ1) is 18.2. The van der Waals surface area contributed by atoms with Crippen LogP contribution >= 0.6 is 11.6 Å². The fourth-order valence-electron chi connectivity index (χ4n) is 2.17. The van der Waals surface area contributed by atoms with Crippen molar-refractivity contribution in [2.75, 3.05) is 37.9 Å². The van der Waals surface area contributed by atoms with Crippen LogP contribution in [-0.4, -0.2) is 36.7 Å². The minimum atomic E-state index is -3.90. The Balaban J connectivity index is 2.52. The average molecular weight is 371 g/mol. The van der Waals surface area contributed by atoms with Crippen LogP contribution in [0.4, 0.5) is 11.4 Å². The topological polar surface area (TPSA) is 67.9 Å². The number of hydrogen-bond acceptors (Lipinski definition) is 5. The Bertz CT molecular complexity index is 838. The number of nitrogens with one attached hydrogen (secondary N) is 1. The molecular formula is C16H19ClN2O4S. The van der Waals surface area contributed by atoms with E-state index in [2.05, 4.69) is 4.72 Å². The maximum absolute atomic E-state index is 12.8. The lowest BCUT2D eigenvalue weighted by Crippen LogP contribution is -2.18. The molecule has 0 aliphatic heterocycles. The summed E-state index contributed by atoms with van der Waals surface area (Å²) in [6.45, 7) is 0. The van der Waals surface area contributed by atoms with Gasteiger partial charge in [-0.2, -0.15) is 0 Å². The lowest BCUT2D eigenvalue weighted by atomic mass is 10.2. The van der Waals surface area contributed by atoms with E-state index in [1.54, 1.807) is 29.2 Å². The monoisotopic (exact) mass is 370 g/mol. The number of rotatable bonds is 6. The molecule has 8 heteroatoms. The summed E-state index contributed by atoms with van der Waals surface area (Å²) < 4.78 is 38.5. The van der Waals surface area contributed by atoms with Gasteiger partial charge in [0.1, 0.15) is 16.4 Å². The zero-order valence-electron chi connectivity index (χ0n) is 13.8. The van der Waals surface area contributed by atoms with Crippen molar-refractivity contribution in [2.24, 2.45) is 0 Å². The molecule has 2 aromatic carbocycles. The number of sulfonamides is 1. The highest BCUT2D eigenvalue weighted by atomic mass is 35.5. The quantitative estimate of drug-likeness (QED) is 0.845. The second-order valence-corrected chi connectivity index (χ2v) is 7.27. The Morgan fingerprint density at radius 1 is 1.04 bits per heavy atom. The first-order valence-electron chi connectivity index (χ1n) is 7.00. The highest BCUT2D eigenvalue weighted by molar-refractivity contribution is 7.92. The van der Waals surface area contributed by atoms with Crippen molar-refractivity contribution in [3.8, 4) is 11.5 Å². The van der Waals surface area contributed by atoms with Crippen LogP contribution in [0.15, 0.2) is 41.3 Å². The summed E-state index contributed by atoms with van der Waals surface area (Å²) in [5.74, 6) is 0.631. The average Bonchev–Trinajstić information content (AvgIpc) is 2.53. The molecule has 0 bridgehead atoms. The van der Waals surface area contributed by atoms with E-state index >= 15 is 0 Å². The Hall–Kier alpha value is -2.12. The fourth-order valence-corrected chi connectivity index (χ4v) is 3.60. The molecule has 0 radical (unpaired) electrons. The van der Waals surface area contributed by atoms with Crippen molar-refractivity contribution in [1.29, 1.82) is 0 Å². The molecule has 130 valence electrons. The minimum absolute atomic E-state index is 0.0194. The standard InChI is InChI=1S/C16H19ClN2O4S/c1-19(2)14-7-5-11(17)9-13(14)18-24(20,21)16-10-12(22-3)6-8-15(16)23-4/h5-10,18H,1-4H3. The summed E-state index contributed by atoms with van der Waals surface area (Å²) in [5, 5.41) is 0.427. The third-order valence-electron chi connectivity index (χ3n) is 3.35. The second-order valence-electron chi connectivity index (χ2n) is 5.18. The van der Waals surface area contributed by atoms with Crippen molar-refractivity contribution in [3.63, 3.8) is 0 Å². The first-order valence-corrected chi connectivity index (χ1v) is 8.86. The lowest BCUT2D eigenvalue weighted by molar-refractivity contribution is 0.392. The molecule has 0 fully saturated rings. The number of benzene rings is 2. The van der Waals surface area contributed by atoms with E-state index in [4.69, 9.17) is 21.1 Å². The lowest BCUT2D eigenvalue weighted by Gasteiger charge is -2.19. The van der Waals surface area contributed by atoms with Gasteiger partial charge in [-0.1, -0.05) is 11.6 Å². The smallest absolute Gasteiger partial charge is 0.265 e. The Morgan fingerprint density at radius 3 is 2.33 bits per heavy atom. The van der Waals surface area contributed by atoms with Crippen molar-refractivity contribution in [3.05, 3.63) is 41.4 Å². The van der Waals surface area contributed by atoms with Gasteiger partial charge in [0.25, 0.3) is 10.0 Å². The van der Waals surface area contributed by atoms with Gasteiger partial charge in [-0.05, 0) is 30.3 Å². The number of nitrogens with zero attached hydrogens (tertiary/aromatic N) is 1. The molecule has 0 amide bonds. The van der Waals surface area contributed by atoms with Crippen LogP contribution in [0.1, 0.15) is 0 Å². The van der Waals surface area contributed by atoms with Crippen molar-refractivity contribution in [1.82, 2.24) is 0 Å². The van der Waals surface area contributed by atoms with E-state index in [0.29, 0.717) is 22.1 Å². The summed E-state index contributed by atoms with van der Waals surface area (Å²) in [5.41, 5.74) is 1.06. The number of methoxy groups -OCH3 is 2. The van der Waals surface area contributed by atoms with E-state index in [1.165, 1.54) is 26.4 Å². The largest absolute Gasteiger partial charge is 0.497 e. The maximum atomic E-state index is 12.8. The van der Waals surface area contributed by atoms with Gasteiger partial charge in [-0.15, -0.1) is 0 Å². The number of anilines is 2. The molecule has 0 spiro atoms. The van der Waals surface area contributed by atoms with Crippen LogP contribution in [-0.2, 0) is 10.0 Å². The molecule has 24 heavy (non-hydrogen) atoms. The van der Waals surface area contributed by atoms with Crippen LogP contribution in [0.2, 0.25) is 5.02 Å². The highest BCUT2D eigenvalue weighted by Gasteiger charge is 2.22. The molecule has 1 N–H and O–H groups in total. The summed E-state index contributed by atoms with van der Waals surface area (Å²) in [4.78, 5) is 1.77. The van der Waals surface area contributed by atoms with Crippen molar-refractivity contribution < 1.29 is 17.9 Å². The molecule has 0 heterocycles. The molecule has 2 aromatic rings. The molecular weight excluding hydrogens is 352 g/mol. The van der Waals surface area contributed by atoms with Gasteiger partial charge in [0, 0.05) is 25.2 Å². The molecule has 0 aromatic heterocycles. The van der Waals surface area contributed by atoms with Crippen LogP contribution in [0.3, 0.4) is 0 Å². The van der Waals surface area contributed by atoms with Crippen LogP contribution in [0.5, 0.6) is 11.5 Å². The third kappa shape index (κ3) is 3.85. The van der Waals surface area contributed by atoms with Gasteiger partial charge in [0.2, 0.25) is 0 Å². The zero-order valence-corrected chi connectivity index (χ0v) is 15.4. The van der Waals surface area contributed by atoms with Gasteiger partial charge in [-0.25, -0.2) is 8.42 Å². The fraction of sp³-hybridized carbons (Fsp3) is 0.250. The Labute approximate surface area is 147 Å². The molecule has 0 saturated carbocycles. The van der Waals surface area contributed by atoms with E-state index in [1.807, 2.05) is 14.1 Å². The number of halogens is 1. The number of ether oxygens (including phenoxy) is 2. The van der Waals surface area contributed by atoms with Gasteiger partial charge in [0.15, 0.2) is 0 Å². The predicted molar refractivity (Wildman–Crippen MR) is 96.1 cm³/mol.